The Balaban J connectivity index is 1.47. The molecule has 2 aliphatic rings. The summed E-state index contributed by atoms with van der Waals surface area (Å²) >= 11 is 0. The minimum absolute atomic E-state index is 0.0868. The molecular weight excluding hydrogens is 573 g/mol. The van der Waals surface area contributed by atoms with Crippen LogP contribution in [0.15, 0.2) is 85.0 Å². The van der Waals surface area contributed by atoms with Crippen LogP contribution in [0.25, 0.3) is 0 Å². The molecule has 2 aromatic carbocycles. The van der Waals surface area contributed by atoms with Crippen molar-refractivity contribution in [3.8, 4) is 0 Å². The van der Waals surface area contributed by atoms with Crippen LogP contribution in [-0.4, -0.2) is 37.0 Å². The molecule has 2 aromatic rings. The second kappa shape index (κ2) is 14.0. The maximum Gasteiger partial charge on any atom is 0.261 e. The van der Waals surface area contributed by atoms with E-state index in [4.69, 9.17) is 9.31 Å². The fourth-order valence-electron chi connectivity index (χ4n) is 9.20. The SMILES string of the molecule is C=C(CC[C@@]1(O)[C@H](C)CC[C@H]2C(C)(C)CCC[C@@]21C)C(/C=C/[C@H](C)CO[Si](c1ccccc1)(c1ccccc1)C(C)(C)C)OO. The minimum Gasteiger partial charge on any atom is -0.407 e. The van der Waals surface area contributed by atoms with Crippen molar-refractivity contribution in [1.82, 2.24) is 0 Å². The Labute approximate surface area is 275 Å². The Kier molecular flexibility index (Phi) is 11.1. The zero-order chi connectivity index (χ0) is 33.1. The van der Waals surface area contributed by atoms with Crippen LogP contribution >= 0.6 is 0 Å². The van der Waals surface area contributed by atoms with Crippen molar-refractivity contribution < 1.29 is 19.7 Å². The van der Waals surface area contributed by atoms with E-state index in [9.17, 15) is 10.4 Å². The van der Waals surface area contributed by atoms with Gasteiger partial charge in [-0.1, -0.05) is 141 Å². The molecule has 0 aliphatic heterocycles. The van der Waals surface area contributed by atoms with Crippen molar-refractivity contribution in [1.29, 1.82) is 0 Å². The lowest BCUT2D eigenvalue weighted by molar-refractivity contribution is -0.257. The summed E-state index contributed by atoms with van der Waals surface area (Å²) < 4.78 is 7.11. The second-order valence-corrected chi connectivity index (χ2v) is 20.5. The van der Waals surface area contributed by atoms with Crippen LogP contribution in [0.4, 0.5) is 0 Å². The Bertz CT molecular complexity index is 1240. The predicted octanol–water partition coefficient (Wildman–Crippen LogP) is 8.94. The van der Waals surface area contributed by atoms with Crippen LogP contribution in [0.3, 0.4) is 0 Å². The largest absolute Gasteiger partial charge is 0.407 e. The van der Waals surface area contributed by atoms with Gasteiger partial charge in [-0.05, 0) is 88.1 Å². The zero-order valence-corrected chi connectivity index (χ0v) is 30.3. The topological polar surface area (TPSA) is 58.9 Å². The van der Waals surface area contributed by atoms with Crippen LogP contribution in [0, 0.1) is 28.6 Å². The van der Waals surface area contributed by atoms with Crippen molar-refractivity contribution >= 4 is 18.7 Å². The molecule has 0 radical (unpaired) electrons. The first-order valence-electron chi connectivity index (χ1n) is 17.3. The van der Waals surface area contributed by atoms with E-state index < -0.39 is 20.0 Å². The lowest BCUT2D eigenvalue weighted by atomic mass is 9.44. The van der Waals surface area contributed by atoms with Crippen molar-refractivity contribution in [2.24, 2.45) is 28.6 Å². The highest BCUT2D eigenvalue weighted by atomic mass is 28.4. The van der Waals surface area contributed by atoms with E-state index in [0.717, 1.165) is 24.8 Å². The van der Waals surface area contributed by atoms with Gasteiger partial charge >= 0.3 is 0 Å². The van der Waals surface area contributed by atoms with Gasteiger partial charge in [0.2, 0.25) is 0 Å². The summed E-state index contributed by atoms with van der Waals surface area (Å²) in [5, 5.41) is 24.7. The van der Waals surface area contributed by atoms with Gasteiger partial charge in [0.1, 0.15) is 6.10 Å². The van der Waals surface area contributed by atoms with Gasteiger partial charge in [0, 0.05) is 6.61 Å². The zero-order valence-electron chi connectivity index (χ0n) is 29.3. The van der Waals surface area contributed by atoms with E-state index in [1.54, 1.807) is 0 Å². The summed E-state index contributed by atoms with van der Waals surface area (Å²) in [6.45, 7) is 23.2. The third-order valence-electron chi connectivity index (χ3n) is 11.9. The summed E-state index contributed by atoms with van der Waals surface area (Å²) in [5.41, 5.74) is 0.141. The average molecular weight is 633 g/mol. The van der Waals surface area contributed by atoms with Crippen LogP contribution in [0.5, 0.6) is 0 Å². The molecule has 2 N–H and O–H groups in total. The maximum absolute atomic E-state index is 12.4. The summed E-state index contributed by atoms with van der Waals surface area (Å²) in [4.78, 5) is 4.97. The third-order valence-corrected chi connectivity index (χ3v) is 16.9. The van der Waals surface area contributed by atoms with Gasteiger partial charge in [-0.3, -0.25) is 5.26 Å². The fraction of sp³-hybridized carbons (Fsp3) is 0.600. The van der Waals surface area contributed by atoms with E-state index in [-0.39, 0.29) is 27.7 Å². The lowest BCUT2D eigenvalue weighted by Crippen LogP contribution is -2.66. The standard InChI is InChI=1S/C40H60O4Si/c1-30(29-43-45(37(4,5)6,33-17-12-10-13-18-33)34-19-14-11-15-20-34)21-23-35(44-42)31(2)25-28-40(41)32(3)22-24-36-38(7,8)26-16-27-39(36,40)9/h10-15,17-21,23,30,32,35-36,41-42H,2,16,22,24-29H2,1,3-9H3/b23-21+/t30-,32+,35?,36-,39-,40+/m0/s1. The van der Waals surface area contributed by atoms with E-state index in [2.05, 4.69) is 129 Å². The highest BCUT2D eigenvalue weighted by Gasteiger charge is 2.61. The fourth-order valence-corrected chi connectivity index (χ4v) is 13.9. The van der Waals surface area contributed by atoms with Gasteiger partial charge in [0.05, 0.1) is 5.60 Å². The van der Waals surface area contributed by atoms with Crippen molar-refractivity contribution in [3.05, 3.63) is 85.0 Å². The van der Waals surface area contributed by atoms with Gasteiger partial charge in [-0.15, -0.1) is 0 Å². The van der Waals surface area contributed by atoms with Gasteiger partial charge in [0.15, 0.2) is 0 Å². The van der Waals surface area contributed by atoms with E-state index >= 15 is 0 Å². The first kappa shape index (κ1) is 35.8. The number of benzene rings is 2. The molecule has 45 heavy (non-hydrogen) atoms. The molecule has 0 amide bonds. The third kappa shape index (κ3) is 6.99. The quantitative estimate of drug-likeness (QED) is 0.106. The second-order valence-electron chi connectivity index (χ2n) is 16.2. The van der Waals surface area contributed by atoms with E-state index in [1.807, 2.05) is 6.08 Å². The highest BCUT2D eigenvalue weighted by molar-refractivity contribution is 6.99. The summed E-state index contributed by atoms with van der Waals surface area (Å²) in [6.07, 6.45) is 10.3. The van der Waals surface area contributed by atoms with Crippen molar-refractivity contribution in [3.63, 3.8) is 0 Å². The Morgan fingerprint density at radius 3 is 2.09 bits per heavy atom. The van der Waals surface area contributed by atoms with Gasteiger partial charge < -0.3 is 9.53 Å². The molecule has 1 unspecified atom stereocenters. The molecule has 4 nitrogen and oxygen atoms in total. The molecule has 4 rings (SSSR count). The smallest absolute Gasteiger partial charge is 0.261 e. The molecule has 0 aromatic heterocycles. The molecule has 0 spiro atoms. The van der Waals surface area contributed by atoms with Crippen molar-refractivity contribution in [2.45, 2.75) is 117 Å². The van der Waals surface area contributed by atoms with Crippen LogP contribution in [0.2, 0.25) is 5.04 Å². The van der Waals surface area contributed by atoms with Gasteiger partial charge in [0.25, 0.3) is 8.32 Å². The van der Waals surface area contributed by atoms with Gasteiger partial charge in [-0.2, -0.15) is 0 Å². The first-order chi connectivity index (χ1) is 21.1. The monoisotopic (exact) mass is 632 g/mol. The average Bonchev–Trinajstić information content (AvgIpc) is 2.99. The number of rotatable bonds is 12. The molecule has 0 heterocycles. The molecule has 2 fully saturated rings. The maximum atomic E-state index is 12.4. The highest BCUT2D eigenvalue weighted by Crippen LogP contribution is 2.63. The lowest BCUT2D eigenvalue weighted by Gasteiger charge is -2.63. The molecule has 2 aliphatic carbocycles. The van der Waals surface area contributed by atoms with Crippen LogP contribution in [-0.2, 0) is 9.31 Å². The normalized spacial score (nSPS) is 28.4. The number of hydrogen-bond acceptors (Lipinski definition) is 4. The Morgan fingerprint density at radius 1 is 0.978 bits per heavy atom. The molecule has 0 saturated heterocycles. The van der Waals surface area contributed by atoms with Crippen LogP contribution in [0.1, 0.15) is 100 Å². The predicted molar refractivity (Wildman–Crippen MR) is 190 cm³/mol. The molecule has 248 valence electrons. The van der Waals surface area contributed by atoms with Gasteiger partial charge in [-0.25, -0.2) is 4.89 Å². The molecule has 5 heteroatoms. The van der Waals surface area contributed by atoms with Crippen molar-refractivity contribution in [2.75, 3.05) is 6.61 Å². The molecule has 0 bridgehead atoms. The summed E-state index contributed by atoms with van der Waals surface area (Å²) in [7, 11) is -2.64. The van der Waals surface area contributed by atoms with Crippen LogP contribution < -0.4 is 10.4 Å². The number of fused-ring (bicyclic) bond motifs is 1. The van der Waals surface area contributed by atoms with E-state index in [1.165, 1.54) is 23.2 Å². The number of hydrogen-bond donors (Lipinski definition) is 2. The Morgan fingerprint density at radius 2 is 1.56 bits per heavy atom. The Hall–Kier alpha value is -2.02. The molecule has 6 atom stereocenters. The minimum atomic E-state index is -2.64. The summed E-state index contributed by atoms with van der Waals surface area (Å²) in [6, 6.07) is 21.4. The number of aliphatic hydroxyl groups is 1. The summed E-state index contributed by atoms with van der Waals surface area (Å²) in [5.74, 6) is 0.821. The first-order valence-corrected chi connectivity index (χ1v) is 19.2. The van der Waals surface area contributed by atoms with E-state index in [0.29, 0.717) is 25.4 Å². The molecular formula is C40H60O4Si. The molecule has 2 saturated carbocycles.